The molecule has 0 unspecified atom stereocenters. The Hall–Kier alpha value is -1.87. The standard InChI is InChI=1S/C18H17ClFNO/c1-11-5-6-13(10-12(11)2)18(22)21-9-3-4-14-15(19)7-8-16(20)17(14)21/h5-8,10H,3-4,9H2,1-2H3. The topological polar surface area (TPSA) is 20.3 Å². The van der Waals surface area contributed by atoms with Gasteiger partial charge in [0.05, 0.1) is 5.69 Å². The highest BCUT2D eigenvalue weighted by Crippen LogP contribution is 2.35. The maximum absolute atomic E-state index is 14.3. The number of anilines is 1. The number of hydrogen-bond donors (Lipinski definition) is 0. The highest BCUT2D eigenvalue weighted by atomic mass is 35.5. The first-order chi connectivity index (χ1) is 10.5. The molecule has 0 radical (unpaired) electrons. The predicted molar refractivity (Wildman–Crippen MR) is 87.3 cm³/mol. The number of benzene rings is 2. The first-order valence-corrected chi connectivity index (χ1v) is 7.73. The third-order valence-corrected chi connectivity index (χ3v) is 4.61. The summed E-state index contributed by atoms with van der Waals surface area (Å²) in [5, 5.41) is 0.522. The summed E-state index contributed by atoms with van der Waals surface area (Å²) in [6.45, 7) is 4.48. The Labute approximate surface area is 134 Å². The van der Waals surface area contributed by atoms with Crippen LogP contribution < -0.4 is 4.90 Å². The van der Waals surface area contributed by atoms with Crippen molar-refractivity contribution in [2.24, 2.45) is 0 Å². The predicted octanol–water partition coefficient (Wildman–Crippen LogP) is 4.69. The van der Waals surface area contributed by atoms with Gasteiger partial charge in [-0.3, -0.25) is 4.79 Å². The molecule has 1 heterocycles. The van der Waals surface area contributed by atoms with E-state index in [9.17, 15) is 9.18 Å². The molecule has 4 heteroatoms. The lowest BCUT2D eigenvalue weighted by Gasteiger charge is -2.30. The Bertz CT molecular complexity index is 757. The molecule has 0 fully saturated rings. The fourth-order valence-electron chi connectivity index (χ4n) is 2.87. The Kier molecular flexibility index (Phi) is 3.92. The summed E-state index contributed by atoms with van der Waals surface area (Å²) in [5.74, 6) is -0.568. The number of fused-ring (bicyclic) bond motifs is 1. The second-order valence-corrected chi connectivity index (χ2v) is 6.12. The van der Waals surface area contributed by atoms with Crippen LogP contribution in [0.2, 0.25) is 5.02 Å². The summed E-state index contributed by atoms with van der Waals surface area (Å²) in [7, 11) is 0. The van der Waals surface area contributed by atoms with Gasteiger partial charge < -0.3 is 4.90 Å². The van der Waals surface area contributed by atoms with Crippen LogP contribution in [0.25, 0.3) is 0 Å². The van der Waals surface area contributed by atoms with Crippen molar-refractivity contribution in [2.45, 2.75) is 26.7 Å². The number of halogens is 2. The van der Waals surface area contributed by atoms with E-state index in [0.717, 1.165) is 23.1 Å². The third kappa shape index (κ3) is 2.50. The number of hydrogen-bond acceptors (Lipinski definition) is 1. The molecule has 0 bridgehead atoms. The van der Waals surface area contributed by atoms with E-state index in [1.807, 2.05) is 26.0 Å². The highest BCUT2D eigenvalue weighted by molar-refractivity contribution is 6.32. The van der Waals surface area contributed by atoms with Gasteiger partial charge in [0.25, 0.3) is 5.91 Å². The van der Waals surface area contributed by atoms with Crippen molar-refractivity contribution < 1.29 is 9.18 Å². The van der Waals surface area contributed by atoms with Crippen LogP contribution >= 0.6 is 11.6 Å². The number of amides is 1. The molecule has 0 atom stereocenters. The molecule has 2 nitrogen and oxygen atoms in total. The quantitative estimate of drug-likeness (QED) is 0.747. The molecular weight excluding hydrogens is 301 g/mol. The minimum Gasteiger partial charge on any atom is -0.305 e. The largest absolute Gasteiger partial charge is 0.305 e. The van der Waals surface area contributed by atoms with Gasteiger partial charge >= 0.3 is 0 Å². The monoisotopic (exact) mass is 317 g/mol. The van der Waals surface area contributed by atoms with E-state index >= 15 is 0 Å². The average Bonchev–Trinajstić information content (AvgIpc) is 2.52. The highest BCUT2D eigenvalue weighted by Gasteiger charge is 2.28. The van der Waals surface area contributed by atoms with E-state index < -0.39 is 5.82 Å². The van der Waals surface area contributed by atoms with E-state index in [4.69, 9.17) is 11.6 Å². The SMILES string of the molecule is Cc1ccc(C(=O)N2CCCc3c(Cl)ccc(F)c32)cc1C. The van der Waals surface area contributed by atoms with E-state index in [-0.39, 0.29) is 5.91 Å². The second kappa shape index (κ2) is 5.73. The van der Waals surface area contributed by atoms with Gasteiger partial charge in [-0.2, -0.15) is 0 Å². The zero-order chi connectivity index (χ0) is 15.9. The van der Waals surface area contributed by atoms with Crippen molar-refractivity contribution >= 4 is 23.2 Å². The van der Waals surface area contributed by atoms with E-state index in [1.165, 1.54) is 11.0 Å². The normalized spacial score (nSPS) is 13.9. The fraction of sp³-hybridized carbons (Fsp3) is 0.278. The Morgan fingerprint density at radius 2 is 1.95 bits per heavy atom. The molecule has 1 aliphatic rings. The van der Waals surface area contributed by atoms with E-state index in [2.05, 4.69) is 0 Å². The maximum Gasteiger partial charge on any atom is 0.258 e. The van der Waals surface area contributed by atoms with Gasteiger partial charge in [0, 0.05) is 17.1 Å². The number of nitrogens with zero attached hydrogens (tertiary/aromatic N) is 1. The zero-order valence-electron chi connectivity index (χ0n) is 12.6. The summed E-state index contributed by atoms with van der Waals surface area (Å²) in [6, 6.07) is 8.45. The van der Waals surface area contributed by atoms with E-state index in [0.29, 0.717) is 29.2 Å². The molecule has 0 saturated heterocycles. The van der Waals surface area contributed by atoms with Crippen molar-refractivity contribution in [1.82, 2.24) is 0 Å². The summed E-state index contributed by atoms with van der Waals surface area (Å²) < 4.78 is 14.3. The van der Waals surface area contributed by atoms with Crippen LogP contribution in [-0.2, 0) is 6.42 Å². The summed E-state index contributed by atoms with van der Waals surface area (Å²) >= 11 is 6.17. The lowest BCUT2D eigenvalue weighted by Crippen LogP contribution is -2.36. The molecule has 0 aromatic heterocycles. The maximum atomic E-state index is 14.3. The van der Waals surface area contributed by atoms with Gasteiger partial charge in [-0.1, -0.05) is 17.7 Å². The summed E-state index contributed by atoms with van der Waals surface area (Å²) in [5.41, 5.74) is 3.82. The smallest absolute Gasteiger partial charge is 0.258 e. The van der Waals surface area contributed by atoms with Crippen molar-refractivity contribution in [3.8, 4) is 0 Å². The molecule has 1 aliphatic heterocycles. The van der Waals surface area contributed by atoms with Gasteiger partial charge in [0.1, 0.15) is 5.82 Å². The third-order valence-electron chi connectivity index (χ3n) is 4.25. The first-order valence-electron chi connectivity index (χ1n) is 7.35. The number of carbonyl (C=O) groups excluding carboxylic acids is 1. The van der Waals surface area contributed by atoms with E-state index in [1.54, 1.807) is 12.1 Å². The first kappa shape index (κ1) is 15.0. The lowest BCUT2D eigenvalue weighted by atomic mass is 9.99. The lowest BCUT2D eigenvalue weighted by molar-refractivity contribution is 0.0984. The molecule has 114 valence electrons. The number of carbonyl (C=O) groups is 1. The summed E-state index contributed by atoms with van der Waals surface area (Å²) in [4.78, 5) is 14.3. The average molecular weight is 318 g/mol. The molecule has 1 amide bonds. The molecule has 0 N–H and O–H groups in total. The molecule has 2 aromatic rings. The molecule has 3 rings (SSSR count). The van der Waals surface area contributed by atoms with Crippen LogP contribution in [-0.4, -0.2) is 12.5 Å². The van der Waals surface area contributed by atoms with Crippen molar-refractivity contribution in [3.05, 3.63) is 63.4 Å². The van der Waals surface area contributed by atoms with Crippen LogP contribution in [0.1, 0.15) is 33.5 Å². The fourth-order valence-corrected chi connectivity index (χ4v) is 3.12. The Morgan fingerprint density at radius 1 is 1.18 bits per heavy atom. The molecule has 22 heavy (non-hydrogen) atoms. The molecule has 0 aliphatic carbocycles. The molecule has 0 saturated carbocycles. The second-order valence-electron chi connectivity index (χ2n) is 5.72. The molecule has 2 aromatic carbocycles. The molecule has 0 spiro atoms. The minimum absolute atomic E-state index is 0.176. The van der Waals surface area contributed by atoms with Crippen LogP contribution in [0.4, 0.5) is 10.1 Å². The van der Waals surface area contributed by atoms with Crippen LogP contribution in [0.3, 0.4) is 0 Å². The van der Waals surface area contributed by atoms with Crippen molar-refractivity contribution in [2.75, 3.05) is 11.4 Å². The Morgan fingerprint density at radius 3 is 2.68 bits per heavy atom. The van der Waals surface area contributed by atoms with Gasteiger partial charge in [-0.15, -0.1) is 0 Å². The number of rotatable bonds is 1. The van der Waals surface area contributed by atoms with Gasteiger partial charge in [0.15, 0.2) is 0 Å². The van der Waals surface area contributed by atoms with Crippen LogP contribution in [0.15, 0.2) is 30.3 Å². The van der Waals surface area contributed by atoms with Gasteiger partial charge in [-0.05, 0) is 67.6 Å². The summed E-state index contributed by atoms with van der Waals surface area (Å²) in [6.07, 6.45) is 1.48. The zero-order valence-corrected chi connectivity index (χ0v) is 13.4. The molecular formula is C18H17ClFNO. The minimum atomic E-state index is -0.392. The van der Waals surface area contributed by atoms with Crippen LogP contribution in [0.5, 0.6) is 0 Å². The number of aryl methyl sites for hydroxylation is 2. The van der Waals surface area contributed by atoms with Crippen molar-refractivity contribution in [1.29, 1.82) is 0 Å². The van der Waals surface area contributed by atoms with Gasteiger partial charge in [0.2, 0.25) is 0 Å². The van der Waals surface area contributed by atoms with Crippen LogP contribution in [0, 0.1) is 19.7 Å². The Balaban J connectivity index is 2.05. The van der Waals surface area contributed by atoms with Gasteiger partial charge in [-0.25, -0.2) is 4.39 Å². The van der Waals surface area contributed by atoms with Crippen molar-refractivity contribution in [3.63, 3.8) is 0 Å².